The Labute approximate surface area is 112 Å². The number of hydrogen-bond donors (Lipinski definition) is 0. The van der Waals surface area contributed by atoms with Gasteiger partial charge in [0.25, 0.3) is 0 Å². The molecule has 1 aromatic rings. The molecule has 1 heterocycles. The van der Waals surface area contributed by atoms with Gasteiger partial charge in [-0.2, -0.15) is 8.42 Å². The number of hydrogen-bond acceptors (Lipinski definition) is 3. The summed E-state index contributed by atoms with van der Waals surface area (Å²) in [6, 6.07) is 5.75. The molecule has 0 aliphatic carbocycles. The fraction of sp³-hybridized carbons (Fsp3) is 0.462. The van der Waals surface area contributed by atoms with Crippen LogP contribution in [0.2, 0.25) is 0 Å². The summed E-state index contributed by atoms with van der Waals surface area (Å²) in [4.78, 5) is 13.5. The number of rotatable bonds is 3. The Balaban J connectivity index is 2.23. The van der Waals surface area contributed by atoms with E-state index in [2.05, 4.69) is 0 Å². The average Bonchev–Trinajstić information content (AvgIpc) is 2.60. The second-order valence-electron chi connectivity index (χ2n) is 5.07. The maximum absolute atomic E-state index is 12.7. The molecule has 1 atom stereocenters. The van der Waals surface area contributed by atoms with E-state index >= 15 is 0 Å². The fourth-order valence-corrected chi connectivity index (χ4v) is 3.20. The minimum absolute atomic E-state index is 0.0799. The van der Waals surface area contributed by atoms with Crippen molar-refractivity contribution in [2.45, 2.75) is 20.3 Å². The molecule has 6 heteroatoms. The van der Waals surface area contributed by atoms with Crippen molar-refractivity contribution in [3.8, 4) is 0 Å². The maximum atomic E-state index is 12.7. The van der Waals surface area contributed by atoms with Crippen LogP contribution in [0.3, 0.4) is 0 Å². The predicted molar refractivity (Wildman–Crippen MR) is 71.3 cm³/mol. The summed E-state index contributed by atoms with van der Waals surface area (Å²) in [6.07, 6.45) is 0.0799. The van der Waals surface area contributed by atoms with Crippen LogP contribution in [-0.2, 0) is 15.0 Å². The van der Waals surface area contributed by atoms with E-state index in [1.54, 1.807) is 4.90 Å². The zero-order valence-electron chi connectivity index (χ0n) is 10.9. The van der Waals surface area contributed by atoms with E-state index in [9.17, 15) is 17.1 Å². The highest BCUT2D eigenvalue weighted by atomic mass is 32.3. The molecule has 0 spiro atoms. The highest BCUT2D eigenvalue weighted by molar-refractivity contribution is 7.86. The largest absolute Gasteiger partial charge is 0.312 e. The number of halogens is 1. The molecule has 4 nitrogen and oxygen atoms in total. The number of amides is 1. The molecule has 1 unspecified atom stereocenters. The summed E-state index contributed by atoms with van der Waals surface area (Å²) in [5.41, 5.74) is 2.75. The van der Waals surface area contributed by atoms with Crippen molar-refractivity contribution in [2.24, 2.45) is 5.92 Å². The van der Waals surface area contributed by atoms with Crippen LogP contribution < -0.4 is 4.90 Å². The Morgan fingerprint density at radius 1 is 1.37 bits per heavy atom. The molecule has 1 amide bonds. The molecule has 19 heavy (non-hydrogen) atoms. The fourth-order valence-electron chi connectivity index (χ4n) is 2.42. The summed E-state index contributed by atoms with van der Waals surface area (Å²) in [7, 11) is -4.53. The van der Waals surface area contributed by atoms with E-state index in [1.165, 1.54) is 0 Å². The van der Waals surface area contributed by atoms with Gasteiger partial charge in [-0.15, -0.1) is 3.89 Å². The van der Waals surface area contributed by atoms with Gasteiger partial charge in [0.2, 0.25) is 5.91 Å². The molecule has 1 aromatic carbocycles. The summed E-state index contributed by atoms with van der Waals surface area (Å²) in [6.45, 7) is 4.07. The van der Waals surface area contributed by atoms with Crippen LogP contribution in [0.4, 0.5) is 9.57 Å². The molecule has 1 fully saturated rings. The first-order valence-electron chi connectivity index (χ1n) is 6.06. The molecule has 2 rings (SSSR count). The van der Waals surface area contributed by atoms with Crippen LogP contribution in [0, 0.1) is 19.8 Å². The van der Waals surface area contributed by atoms with Gasteiger partial charge >= 0.3 is 10.2 Å². The summed E-state index contributed by atoms with van der Waals surface area (Å²) >= 11 is 0. The lowest BCUT2D eigenvalue weighted by molar-refractivity contribution is -0.117. The standard InChI is InChI=1S/C13H16FNO3S/c1-9-3-4-10(2)12(5-9)15-7-11(6-13(15)16)8-19(14,17)18/h3-5,11H,6-8H2,1-2H3. The first-order chi connectivity index (χ1) is 8.76. The zero-order chi connectivity index (χ0) is 14.2. The Bertz CT molecular complexity index is 612. The minimum Gasteiger partial charge on any atom is -0.312 e. The molecule has 1 saturated heterocycles. The number of carbonyl (C=O) groups excluding carboxylic acids is 1. The smallest absolute Gasteiger partial charge is 0.302 e. The minimum atomic E-state index is -4.53. The van der Waals surface area contributed by atoms with Crippen molar-refractivity contribution >= 4 is 21.8 Å². The quantitative estimate of drug-likeness (QED) is 0.798. The van der Waals surface area contributed by atoms with Crippen LogP contribution in [0.25, 0.3) is 0 Å². The van der Waals surface area contributed by atoms with E-state index in [-0.39, 0.29) is 18.9 Å². The third kappa shape index (κ3) is 3.32. The molecule has 0 N–H and O–H groups in total. The monoisotopic (exact) mass is 285 g/mol. The van der Waals surface area contributed by atoms with Crippen LogP contribution in [-0.4, -0.2) is 26.6 Å². The first-order valence-corrected chi connectivity index (χ1v) is 7.61. The van der Waals surface area contributed by atoms with Gasteiger partial charge in [-0.3, -0.25) is 4.79 Å². The van der Waals surface area contributed by atoms with Crippen molar-refractivity contribution in [3.05, 3.63) is 29.3 Å². The lowest BCUT2D eigenvalue weighted by atomic mass is 10.1. The third-order valence-corrected chi connectivity index (χ3v) is 4.16. The molecule has 0 saturated carbocycles. The molecule has 1 aliphatic rings. The zero-order valence-corrected chi connectivity index (χ0v) is 11.7. The Kier molecular flexibility index (Phi) is 3.62. The normalized spacial score (nSPS) is 20.1. The van der Waals surface area contributed by atoms with E-state index < -0.39 is 21.9 Å². The summed E-state index contributed by atoms with van der Waals surface area (Å²) in [5, 5.41) is 0. The Hall–Kier alpha value is -1.43. The summed E-state index contributed by atoms with van der Waals surface area (Å²) in [5.74, 6) is -1.20. The molecular formula is C13H16FNO3S. The van der Waals surface area contributed by atoms with Crippen LogP contribution in [0.1, 0.15) is 17.5 Å². The second kappa shape index (κ2) is 4.92. The third-order valence-electron chi connectivity index (χ3n) is 3.30. The number of nitrogens with zero attached hydrogens (tertiary/aromatic N) is 1. The predicted octanol–water partition coefficient (Wildman–Crippen LogP) is 1.96. The lowest BCUT2D eigenvalue weighted by Gasteiger charge is -2.19. The van der Waals surface area contributed by atoms with E-state index in [0.717, 1.165) is 16.8 Å². The van der Waals surface area contributed by atoms with Gasteiger partial charge in [0.15, 0.2) is 0 Å². The van der Waals surface area contributed by atoms with Crippen molar-refractivity contribution in [3.63, 3.8) is 0 Å². The molecule has 0 radical (unpaired) electrons. The highest BCUT2D eigenvalue weighted by Crippen LogP contribution is 2.29. The van der Waals surface area contributed by atoms with E-state index in [4.69, 9.17) is 0 Å². The first kappa shape index (κ1) is 14.0. The molecule has 104 valence electrons. The van der Waals surface area contributed by atoms with Gasteiger partial charge in [-0.25, -0.2) is 0 Å². The van der Waals surface area contributed by atoms with E-state index in [1.807, 2.05) is 32.0 Å². The van der Waals surface area contributed by atoms with Gasteiger partial charge in [0.1, 0.15) is 0 Å². The van der Waals surface area contributed by atoms with Crippen LogP contribution >= 0.6 is 0 Å². The number of anilines is 1. The lowest BCUT2D eigenvalue weighted by Crippen LogP contribution is -2.26. The molecule has 1 aliphatic heterocycles. The van der Waals surface area contributed by atoms with Crippen molar-refractivity contribution in [1.29, 1.82) is 0 Å². The SMILES string of the molecule is Cc1ccc(C)c(N2CC(CS(=O)(=O)F)CC2=O)c1. The van der Waals surface area contributed by atoms with Gasteiger partial charge < -0.3 is 4.90 Å². The molecule has 0 bridgehead atoms. The van der Waals surface area contributed by atoms with Crippen molar-refractivity contribution < 1.29 is 17.1 Å². The Morgan fingerprint density at radius 2 is 2.05 bits per heavy atom. The van der Waals surface area contributed by atoms with Crippen LogP contribution in [0.5, 0.6) is 0 Å². The highest BCUT2D eigenvalue weighted by Gasteiger charge is 2.34. The number of carbonyl (C=O) groups is 1. The topological polar surface area (TPSA) is 54.5 Å². The Morgan fingerprint density at radius 3 is 2.68 bits per heavy atom. The second-order valence-corrected chi connectivity index (χ2v) is 6.48. The van der Waals surface area contributed by atoms with Crippen molar-refractivity contribution in [2.75, 3.05) is 17.2 Å². The molecular weight excluding hydrogens is 269 g/mol. The van der Waals surface area contributed by atoms with Crippen molar-refractivity contribution in [1.82, 2.24) is 0 Å². The van der Waals surface area contributed by atoms with E-state index in [0.29, 0.717) is 0 Å². The van der Waals surface area contributed by atoms with Gasteiger partial charge in [-0.05, 0) is 31.0 Å². The van der Waals surface area contributed by atoms with Crippen LogP contribution in [0.15, 0.2) is 18.2 Å². The molecule has 0 aromatic heterocycles. The number of aryl methyl sites for hydroxylation is 2. The maximum Gasteiger partial charge on any atom is 0.302 e. The number of benzene rings is 1. The summed E-state index contributed by atoms with van der Waals surface area (Å²) < 4.78 is 34.0. The van der Waals surface area contributed by atoms with Gasteiger partial charge in [0, 0.05) is 24.6 Å². The van der Waals surface area contributed by atoms with Gasteiger partial charge in [0.05, 0.1) is 5.75 Å². The average molecular weight is 285 g/mol. The van der Waals surface area contributed by atoms with Gasteiger partial charge in [-0.1, -0.05) is 12.1 Å².